The van der Waals surface area contributed by atoms with Crippen LogP contribution in [0.3, 0.4) is 0 Å². The zero-order valence-corrected chi connectivity index (χ0v) is 17.6. The molecular formula is C26H25NO4. The number of carbonyl (C=O) groups is 2. The molecule has 0 bridgehead atoms. The van der Waals surface area contributed by atoms with Crippen molar-refractivity contribution < 1.29 is 19.4 Å². The minimum atomic E-state index is -1.09. The Morgan fingerprint density at radius 3 is 2.03 bits per heavy atom. The molecule has 0 aliphatic heterocycles. The molecule has 0 spiro atoms. The number of ether oxygens (including phenoxy) is 1. The van der Waals surface area contributed by atoms with Crippen LogP contribution in [-0.2, 0) is 16.0 Å². The van der Waals surface area contributed by atoms with Crippen LogP contribution in [0.2, 0.25) is 0 Å². The van der Waals surface area contributed by atoms with Crippen LogP contribution in [0.1, 0.15) is 33.7 Å². The first kappa shape index (κ1) is 20.7. The highest BCUT2D eigenvalue weighted by Gasteiger charge is 2.29. The number of benzene rings is 3. The van der Waals surface area contributed by atoms with E-state index in [0.29, 0.717) is 0 Å². The lowest BCUT2D eigenvalue weighted by molar-refractivity contribution is -0.139. The molecule has 1 unspecified atom stereocenters. The number of fused-ring (bicyclic) bond motifs is 3. The van der Waals surface area contributed by atoms with Crippen molar-refractivity contribution >= 4 is 12.1 Å². The molecule has 0 heterocycles. The molecule has 158 valence electrons. The highest BCUT2D eigenvalue weighted by atomic mass is 16.5. The van der Waals surface area contributed by atoms with Crippen molar-refractivity contribution in [3.63, 3.8) is 0 Å². The summed E-state index contributed by atoms with van der Waals surface area (Å²) in [7, 11) is 0. The first-order chi connectivity index (χ1) is 14.9. The van der Waals surface area contributed by atoms with Crippen LogP contribution in [0.4, 0.5) is 4.79 Å². The molecule has 1 aliphatic rings. The molecular weight excluding hydrogens is 390 g/mol. The van der Waals surface area contributed by atoms with Crippen molar-refractivity contribution in [2.24, 2.45) is 0 Å². The van der Waals surface area contributed by atoms with Gasteiger partial charge in [0.05, 0.1) is 0 Å². The largest absolute Gasteiger partial charge is 0.480 e. The smallest absolute Gasteiger partial charge is 0.407 e. The zero-order valence-electron chi connectivity index (χ0n) is 17.6. The average Bonchev–Trinajstić information content (AvgIpc) is 3.05. The van der Waals surface area contributed by atoms with Gasteiger partial charge in [-0.15, -0.1) is 0 Å². The Bertz CT molecular complexity index is 1070. The molecule has 1 atom stereocenters. The number of alkyl carbamates (subject to hydrolysis) is 1. The van der Waals surface area contributed by atoms with Crippen molar-refractivity contribution in [2.75, 3.05) is 6.61 Å². The van der Waals surface area contributed by atoms with Crippen molar-refractivity contribution in [1.82, 2.24) is 5.32 Å². The Morgan fingerprint density at radius 2 is 1.48 bits per heavy atom. The first-order valence-electron chi connectivity index (χ1n) is 10.3. The van der Waals surface area contributed by atoms with E-state index in [9.17, 15) is 14.7 Å². The summed E-state index contributed by atoms with van der Waals surface area (Å²) in [6.45, 7) is 4.08. The topological polar surface area (TPSA) is 75.6 Å². The van der Waals surface area contributed by atoms with E-state index >= 15 is 0 Å². The quantitative estimate of drug-likeness (QED) is 0.604. The fourth-order valence-electron chi connectivity index (χ4n) is 4.40. The number of aliphatic carboxylic acids is 1. The number of hydrogen-bond donors (Lipinski definition) is 2. The fraction of sp³-hybridized carbons (Fsp3) is 0.231. The molecule has 3 aromatic carbocycles. The molecule has 0 radical (unpaired) electrons. The van der Waals surface area contributed by atoms with Gasteiger partial charge < -0.3 is 15.2 Å². The highest BCUT2D eigenvalue weighted by molar-refractivity contribution is 5.81. The number of nitrogens with one attached hydrogen (secondary N) is 1. The van der Waals surface area contributed by atoms with Crippen molar-refractivity contribution in [3.05, 3.63) is 94.5 Å². The van der Waals surface area contributed by atoms with Gasteiger partial charge in [0, 0.05) is 12.3 Å². The number of carboxylic acids is 1. The molecule has 3 aromatic rings. The summed E-state index contributed by atoms with van der Waals surface area (Å²) in [5.74, 6) is -1.16. The predicted octanol–water partition coefficient (Wildman–Crippen LogP) is 4.84. The summed E-state index contributed by atoms with van der Waals surface area (Å²) in [6, 6.07) is 21.0. The van der Waals surface area contributed by atoms with Crippen LogP contribution < -0.4 is 5.32 Å². The lowest BCUT2D eigenvalue weighted by Crippen LogP contribution is -2.42. The third-order valence-corrected chi connectivity index (χ3v) is 5.66. The van der Waals surface area contributed by atoms with E-state index < -0.39 is 18.1 Å². The van der Waals surface area contributed by atoms with Gasteiger partial charge in [-0.1, -0.05) is 77.9 Å². The highest BCUT2D eigenvalue weighted by Crippen LogP contribution is 2.44. The minimum absolute atomic E-state index is 0.0687. The van der Waals surface area contributed by atoms with E-state index in [4.69, 9.17) is 4.74 Å². The number of hydrogen-bond acceptors (Lipinski definition) is 3. The summed E-state index contributed by atoms with van der Waals surface area (Å²) >= 11 is 0. The molecule has 31 heavy (non-hydrogen) atoms. The number of amides is 1. The molecule has 5 heteroatoms. The SMILES string of the molecule is Cc1cc(C)cc(CC(NC(=O)OCC2c3ccccc3-c3ccccc32)C(=O)O)c1. The van der Waals surface area contributed by atoms with Crippen molar-refractivity contribution in [1.29, 1.82) is 0 Å². The van der Waals surface area contributed by atoms with E-state index in [1.54, 1.807) is 0 Å². The van der Waals surface area contributed by atoms with E-state index in [-0.39, 0.29) is 18.9 Å². The second-order valence-corrected chi connectivity index (χ2v) is 8.06. The average molecular weight is 415 g/mol. The number of aryl methyl sites for hydroxylation is 2. The standard InChI is InChI=1S/C26H25NO4/c1-16-11-17(2)13-18(12-16)14-24(25(28)29)27-26(30)31-15-23-21-9-5-3-7-19(21)20-8-4-6-10-22(20)23/h3-13,23-24H,14-15H2,1-2H3,(H,27,30)(H,28,29). The first-order valence-corrected chi connectivity index (χ1v) is 10.3. The molecule has 2 N–H and O–H groups in total. The maximum absolute atomic E-state index is 12.5. The van der Waals surface area contributed by atoms with E-state index in [1.807, 2.05) is 68.4 Å². The van der Waals surface area contributed by atoms with E-state index in [1.165, 1.54) is 0 Å². The third kappa shape index (κ3) is 4.45. The summed E-state index contributed by atoms with van der Waals surface area (Å²) in [5, 5.41) is 12.1. The fourth-order valence-corrected chi connectivity index (χ4v) is 4.40. The van der Waals surface area contributed by atoms with Gasteiger partial charge in [-0.25, -0.2) is 9.59 Å². The van der Waals surface area contributed by atoms with Gasteiger partial charge >= 0.3 is 12.1 Å². The van der Waals surface area contributed by atoms with Gasteiger partial charge in [0.1, 0.15) is 12.6 Å². The molecule has 0 aromatic heterocycles. The minimum Gasteiger partial charge on any atom is -0.480 e. The van der Waals surface area contributed by atoms with Gasteiger partial charge in [0.2, 0.25) is 0 Å². The normalized spacial score (nSPS) is 13.2. The van der Waals surface area contributed by atoms with Crippen LogP contribution >= 0.6 is 0 Å². The molecule has 1 aliphatic carbocycles. The van der Waals surface area contributed by atoms with Crippen LogP contribution in [0.5, 0.6) is 0 Å². The zero-order chi connectivity index (χ0) is 22.0. The maximum atomic E-state index is 12.5. The van der Waals surface area contributed by atoms with Gasteiger partial charge in [0.25, 0.3) is 0 Å². The van der Waals surface area contributed by atoms with E-state index in [0.717, 1.165) is 38.9 Å². The van der Waals surface area contributed by atoms with E-state index in [2.05, 4.69) is 17.4 Å². The number of carbonyl (C=O) groups excluding carboxylic acids is 1. The molecule has 1 amide bonds. The number of rotatable bonds is 6. The van der Waals surface area contributed by atoms with Crippen LogP contribution in [-0.4, -0.2) is 29.8 Å². The van der Waals surface area contributed by atoms with Gasteiger partial charge in [-0.05, 0) is 41.7 Å². The Hall–Kier alpha value is -3.60. The molecule has 0 fully saturated rings. The Labute approximate surface area is 181 Å². The lowest BCUT2D eigenvalue weighted by Gasteiger charge is -2.18. The van der Waals surface area contributed by atoms with Crippen LogP contribution in [0, 0.1) is 13.8 Å². The molecule has 0 saturated heterocycles. The Kier molecular flexibility index (Phi) is 5.76. The Morgan fingerprint density at radius 1 is 0.935 bits per heavy atom. The molecule has 4 rings (SSSR count). The number of carboxylic acid groups (broad SMARTS) is 1. The van der Waals surface area contributed by atoms with Gasteiger partial charge in [-0.3, -0.25) is 0 Å². The Balaban J connectivity index is 1.44. The second kappa shape index (κ2) is 8.64. The van der Waals surface area contributed by atoms with Crippen LogP contribution in [0.15, 0.2) is 66.7 Å². The summed E-state index contributed by atoms with van der Waals surface area (Å²) in [6.07, 6.45) is -0.527. The molecule has 0 saturated carbocycles. The molecule has 5 nitrogen and oxygen atoms in total. The van der Waals surface area contributed by atoms with Crippen molar-refractivity contribution in [3.8, 4) is 11.1 Å². The lowest BCUT2D eigenvalue weighted by atomic mass is 9.98. The van der Waals surface area contributed by atoms with Gasteiger partial charge in [0.15, 0.2) is 0 Å². The maximum Gasteiger partial charge on any atom is 0.407 e. The predicted molar refractivity (Wildman–Crippen MR) is 119 cm³/mol. The van der Waals surface area contributed by atoms with Crippen molar-refractivity contribution in [2.45, 2.75) is 32.2 Å². The summed E-state index contributed by atoms with van der Waals surface area (Å²) in [5.41, 5.74) is 7.49. The monoisotopic (exact) mass is 415 g/mol. The summed E-state index contributed by atoms with van der Waals surface area (Å²) < 4.78 is 5.49. The van der Waals surface area contributed by atoms with Gasteiger partial charge in [-0.2, -0.15) is 0 Å². The third-order valence-electron chi connectivity index (χ3n) is 5.66. The second-order valence-electron chi connectivity index (χ2n) is 8.06. The van der Waals surface area contributed by atoms with Crippen LogP contribution in [0.25, 0.3) is 11.1 Å². The summed E-state index contributed by atoms with van der Waals surface area (Å²) in [4.78, 5) is 24.2.